The number of unbranched alkanes of at least 4 members (excludes halogenated alkanes) is 2. The second-order valence-electron chi connectivity index (χ2n) is 5.94. The van der Waals surface area contributed by atoms with Gasteiger partial charge < -0.3 is 5.32 Å². The lowest BCUT2D eigenvalue weighted by Gasteiger charge is -2.13. The van der Waals surface area contributed by atoms with Gasteiger partial charge in [-0.1, -0.05) is 60.7 Å². The van der Waals surface area contributed by atoms with Crippen molar-refractivity contribution in [2.24, 2.45) is 0 Å². The molecule has 2 heterocycles. The number of amides is 2. The predicted octanol–water partition coefficient (Wildman–Crippen LogP) is 4.54. The van der Waals surface area contributed by atoms with E-state index in [-0.39, 0.29) is 11.8 Å². The number of thioether (sulfide) groups is 1. The van der Waals surface area contributed by atoms with E-state index in [4.69, 9.17) is 12.2 Å². The van der Waals surface area contributed by atoms with E-state index in [1.165, 1.54) is 23.1 Å². The van der Waals surface area contributed by atoms with Gasteiger partial charge in [0.2, 0.25) is 5.91 Å². The van der Waals surface area contributed by atoms with Gasteiger partial charge in [-0.3, -0.25) is 14.5 Å². The summed E-state index contributed by atoms with van der Waals surface area (Å²) in [6.45, 7) is 0.588. The number of carbonyl (C=O) groups is 2. The molecule has 0 atom stereocenters. The zero-order valence-corrected chi connectivity index (χ0v) is 17.0. The lowest BCUT2D eigenvalue weighted by atomic mass is 10.2. The molecule has 1 aliphatic rings. The maximum Gasteiger partial charge on any atom is 0.266 e. The molecule has 0 aliphatic carbocycles. The summed E-state index contributed by atoms with van der Waals surface area (Å²) in [4.78, 5) is 30.7. The monoisotopic (exact) mass is 417 g/mol. The van der Waals surface area contributed by atoms with E-state index in [0.29, 0.717) is 27.3 Å². The number of benzene rings is 1. The number of anilines is 1. The van der Waals surface area contributed by atoms with Crippen LogP contribution in [0.5, 0.6) is 0 Å². The lowest BCUT2D eigenvalue weighted by molar-refractivity contribution is -0.122. The van der Waals surface area contributed by atoms with Crippen LogP contribution in [0, 0.1) is 0 Å². The van der Waals surface area contributed by atoms with Crippen molar-refractivity contribution in [3.8, 4) is 0 Å². The number of carbonyl (C=O) groups excluding carboxylic acids is 2. The highest BCUT2D eigenvalue weighted by atomic mass is 32.2. The van der Waals surface area contributed by atoms with E-state index in [9.17, 15) is 9.59 Å². The molecule has 0 saturated carbocycles. The molecule has 3 rings (SSSR count). The van der Waals surface area contributed by atoms with E-state index in [1.54, 1.807) is 11.1 Å². The zero-order valence-electron chi connectivity index (χ0n) is 14.6. The van der Waals surface area contributed by atoms with Crippen molar-refractivity contribution in [3.05, 3.63) is 52.4 Å². The number of hydrogen-bond donors (Lipinski definition) is 1. The Hall–Kier alpha value is -2.03. The van der Waals surface area contributed by atoms with Gasteiger partial charge in [-0.15, -0.1) is 11.3 Å². The Morgan fingerprint density at radius 2 is 2.04 bits per heavy atom. The van der Waals surface area contributed by atoms with Gasteiger partial charge in [0, 0.05) is 24.5 Å². The maximum absolute atomic E-state index is 12.5. The van der Waals surface area contributed by atoms with Crippen LogP contribution < -0.4 is 5.32 Å². The SMILES string of the molecule is O=C(CCCCCN1C(=O)C(=Cc2ccccc2)SC1=S)Nc1nccs1. The topological polar surface area (TPSA) is 62.3 Å². The van der Waals surface area contributed by atoms with E-state index < -0.39 is 0 Å². The highest BCUT2D eigenvalue weighted by Crippen LogP contribution is 2.32. The first kappa shape index (κ1) is 19.7. The molecule has 1 fully saturated rings. The van der Waals surface area contributed by atoms with Crippen molar-refractivity contribution in [2.45, 2.75) is 25.7 Å². The quantitative estimate of drug-likeness (QED) is 0.388. The first-order chi connectivity index (χ1) is 13.1. The summed E-state index contributed by atoms with van der Waals surface area (Å²) in [6.07, 6.45) is 6.43. The van der Waals surface area contributed by atoms with Crippen LogP contribution >= 0.6 is 35.3 Å². The maximum atomic E-state index is 12.5. The summed E-state index contributed by atoms with van der Waals surface area (Å²) in [6, 6.07) is 9.75. The highest BCUT2D eigenvalue weighted by Gasteiger charge is 2.31. The summed E-state index contributed by atoms with van der Waals surface area (Å²) < 4.78 is 0.601. The number of thiocarbonyl (C=S) groups is 1. The second kappa shape index (κ2) is 9.77. The molecule has 5 nitrogen and oxygen atoms in total. The first-order valence-electron chi connectivity index (χ1n) is 8.63. The minimum atomic E-state index is -0.0321. The molecule has 2 aromatic rings. The minimum absolute atomic E-state index is 0.0265. The molecule has 0 bridgehead atoms. The molecule has 1 aromatic heterocycles. The van der Waals surface area contributed by atoms with Crippen LogP contribution in [0.4, 0.5) is 5.13 Å². The Morgan fingerprint density at radius 3 is 2.78 bits per heavy atom. The summed E-state index contributed by atoms with van der Waals surface area (Å²) in [5.74, 6) is -0.0586. The molecule has 1 saturated heterocycles. The van der Waals surface area contributed by atoms with Crippen molar-refractivity contribution in [1.29, 1.82) is 0 Å². The average Bonchev–Trinajstić information content (AvgIpc) is 3.25. The number of hydrogen-bond acceptors (Lipinski definition) is 6. The molecule has 8 heteroatoms. The third kappa shape index (κ3) is 5.72. The van der Waals surface area contributed by atoms with Crippen LogP contribution in [0.3, 0.4) is 0 Å². The number of aromatic nitrogens is 1. The molecule has 1 aliphatic heterocycles. The molecule has 1 aromatic carbocycles. The summed E-state index contributed by atoms with van der Waals surface area (Å²) in [5.41, 5.74) is 0.990. The van der Waals surface area contributed by atoms with Gasteiger partial charge in [0.15, 0.2) is 5.13 Å². The third-order valence-electron chi connectivity index (χ3n) is 3.94. The van der Waals surface area contributed by atoms with Crippen molar-refractivity contribution in [2.75, 3.05) is 11.9 Å². The predicted molar refractivity (Wildman–Crippen MR) is 116 cm³/mol. The number of nitrogens with zero attached hydrogens (tertiary/aromatic N) is 2. The summed E-state index contributed by atoms with van der Waals surface area (Å²) >= 11 is 8.10. The first-order valence-corrected chi connectivity index (χ1v) is 10.7. The number of rotatable bonds is 8. The van der Waals surface area contributed by atoms with E-state index in [2.05, 4.69) is 10.3 Å². The van der Waals surface area contributed by atoms with Crippen LogP contribution in [-0.2, 0) is 9.59 Å². The van der Waals surface area contributed by atoms with Crippen molar-refractivity contribution >= 4 is 62.7 Å². The molecule has 0 unspecified atom stereocenters. The molecule has 1 N–H and O–H groups in total. The Bertz CT molecular complexity index is 835. The Morgan fingerprint density at radius 1 is 1.22 bits per heavy atom. The molecule has 0 radical (unpaired) electrons. The van der Waals surface area contributed by atoms with Crippen LogP contribution in [0.1, 0.15) is 31.2 Å². The van der Waals surface area contributed by atoms with Gasteiger partial charge in [0.05, 0.1) is 4.91 Å². The van der Waals surface area contributed by atoms with E-state index in [1.807, 2.05) is 41.8 Å². The van der Waals surface area contributed by atoms with Gasteiger partial charge in [-0.2, -0.15) is 0 Å². The van der Waals surface area contributed by atoms with E-state index >= 15 is 0 Å². The number of nitrogens with one attached hydrogen (secondary N) is 1. The van der Waals surface area contributed by atoms with Gasteiger partial charge in [0.25, 0.3) is 5.91 Å². The van der Waals surface area contributed by atoms with Gasteiger partial charge >= 0.3 is 0 Å². The van der Waals surface area contributed by atoms with Crippen LogP contribution in [-0.4, -0.2) is 32.6 Å². The smallest absolute Gasteiger partial charge is 0.266 e. The van der Waals surface area contributed by atoms with Crippen LogP contribution in [0.2, 0.25) is 0 Å². The van der Waals surface area contributed by atoms with Crippen molar-refractivity contribution in [1.82, 2.24) is 9.88 Å². The van der Waals surface area contributed by atoms with Gasteiger partial charge in [-0.05, 0) is 24.5 Å². The van der Waals surface area contributed by atoms with Crippen LogP contribution in [0.15, 0.2) is 46.8 Å². The van der Waals surface area contributed by atoms with Crippen molar-refractivity contribution < 1.29 is 9.59 Å². The molecule has 27 heavy (non-hydrogen) atoms. The fourth-order valence-electron chi connectivity index (χ4n) is 2.59. The van der Waals surface area contributed by atoms with Gasteiger partial charge in [-0.25, -0.2) is 4.98 Å². The highest BCUT2D eigenvalue weighted by molar-refractivity contribution is 8.26. The Balaban J connectivity index is 1.40. The fourth-order valence-corrected chi connectivity index (χ4v) is 4.45. The van der Waals surface area contributed by atoms with E-state index in [0.717, 1.165) is 24.8 Å². The lowest BCUT2D eigenvalue weighted by Crippen LogP contribution is -2.29. The largest absolute Gasteiger partial charge is 0.302 e. The Labute approximate surface area is 171 Å². The summed E-state index contributed by atoms with van der Waals surface area (Å²) in [7, 11) is 0. The molecule has 140 valence electrons. The standard InChI is InChI=1S/C19H19N3O2S3/c23-16(21-18-20-10-12-26-18)9-5-2-6-11-22-17(24)15(27-19(22)25)13-14-7-3-1-4-8-14/h1,3-4,7-8,10,12-13H,2,5-6,9,11H2,(H,20,21,23). The third-order valence-corrected chi connectivity index (χ3v) is 6.00. The molecular weight excluding hydrogens is 398 g/mol. The zero-order chi connectivity index (χ0) is 19.1. The van der Waals surface area contributed by atoms with Crippen LogP contribution in [0.25, 0.3) is 6.08 Å². The average molecular weight is 418 g/mol. The summed E-state index contributed by atoms with van der Waals surface area (Å²) in [5, 5.41) is 5.22. The van der Waals surface area contributed by atoms with Gasteiger partial charge in [0.1, 0.15) is 4.32 Å². The minimum Gasteiger partial charge on any atom is -0.302 e. The second-order valence-corrected chi connectivity index (χ2v) is 8.51. The normalized spacial score (nSPS) is 15.6. The molecular formula is C19H19N3O2S3. The Kier molecular flexibility index (Phi) is 7.14. The fraction of sp³-hybridized carbons (Fsp3) is 0.263. The number of thiazole rings is 1. The molecule has 0 spiro atoms. The molecule has 2 amide bonds. The van der Waals surface area contributed by atoms with Crippen molar-refractivity contribution in [3.63, 3.8) is 0 Å².